The Morgan fingerprint density at radius 2 is 1.80 bits per heavy atom. The predicted molar refractivity (Wildman–Crippen MR) is 52.8 cm³/mol. The minimum Gasteiger partial charge on any atom is -0.365 e. The molecule has 1 rings (SSSR count). The number of hydrogen-bond acceptors (Lipinski definition) is 2. The van der Waals surface area contributed by atoms with E-state index in [1.54, 1.807) is 0 Å². The van der Waals surface area contributed by atoms with Crippen molar-refractivity contribution in [2.45, 2.75) is 0 Å². The summed E-state index contributed by atoms with van der Waals surface area (Å²) in [5, 5.41) is 0. The third kappa shape index (κ3) is 2.91. The summed E-state index contributed by atoms with van der Waals surface area (Å²) in [4.78, 5) is 21.6. The molecule has 0 bridgehead atoms. The van der Waals surface area contributed by atoms with Gasteiger partial charge in [0.15, 0.2) is 0 Å². The van der Waals surface area contributed by atoms with Gasteiger partial charge in [-0.2, -0.15) is 0 Å². The van der Waals surface area contributed by atoms with Crippen LogP contribution in [0.1, 0.15) is 5.56 Å². The van der Waals surface area contributed by atoms with Crippen molar-refractivity contribution >= 4 is 17.9 Å². The van der Waals surface area contributed by atoms with E-state index in [-0.39, 0.29) is 5.57 Å². The van der Waals surface area contributed by atoms with Crippen LogP contribution in [0.3, 0.4) is 0 Å². The van der Waals surface area contributed by atoms with Gasteiger partial charge in [-0.15, -0.1) is 0 Å². The predicted octanol–water partition coefficient (Wildman–Crippen LogP) is 0.180. The summed E-state index contributed by atoms with van der Waals surface area (Å²) in [6.45, 7) is 0. The van der Waals surface area contributed by atoms with Crippen molar-refractivity contribution in [1.82, 2.24) is 0 Å². The number of hydrogen-bond donors (Lipinski definition) is 2. The van der Waals surface area contributed by atoms with Crippen molar-refractivity contribution in [3.05, 3.63) is 41.2 Å². The van der Waals surface area contributed by atoms with Crippen molar-refractivity contribution in [2.75, 3.05) is 0 Å². The quantitative estimate of drug-likeness (QED) is 0.421. The standard InChI is InChI=1S/C10H9FN2O2/c11-7-3-1-2-6(4-7)5-8(9(12)14)10(13)15/h1-5H,(H2,12,14)(H2,13,15). The average molecular weight is 208 g/mol. The van der Waals surface area contributed by atoms with Crippen molar-refractivity contribution < 1.29 is 14.0 Å². The van der Waals surface area contributed by atoms with Gasteiger partial charge in [0.2, 0.25) is 0 Å². The normalized spacial score (nSPS) is 9.40. The number of amides is 2. The van der Waals surface area contributed by atoms with E-state index in [1.165, 1.54) is 18.2 Å². The third-order valence-corrected chi connectivity index (χ3v) is 1.69. The maximum atomic E-state index is 12.8. The second-order valence-corrected chi connectivity index (χ2v) is 2.84. The van der Waals surface area contributed by atoms with Gasteiger partial charge in [-0.1, -0.05) is 12.1 Å². The first-order valence-corrected chi connectivity index (χ1v) is 4.07. The number of nitrogens with two attached hydrogens (primary N) is 2. The Morgan fingerprint density at radius 1 is 1.20 bits per heavy atom. The molecule has 0 saturated heterocycles. The van der Waals surface area contributed by atoms with Gasteiger partial charge in [0.05, 0.1) is 0 Å². The molecule has 4 N–H and O–H groups in total. The van der Waals surface area contributed by atoms with Crippen molar-refractivity contribution in [3.8, 4) is 0 Å². The zero-order valence-corrected chi connectivity index (χ0v) is 7.74. The molecule has 0 aromatic heterocycles. The Kier molecular flexibility index (Phi) is 3.17. The maximum Gasteiger partial charge on any atom is 0.254 e. The van der Waals surface area contributed by atoms with E-state index in [0.29, 0.717) is 5.56 Å². The summed E-state index contributed by atoms with van der Waals surface area (Å²) >= 11 is 0. The molecule has 0 aliphatic heterocycles. The van der Waals surface area contributed by atoms with Gasteiger partial charge in [0.25, 0.3) is 11.8 Å². The molecular weight excluding hydrogens is 199 g/mol. The van der Waals surface area contributed by atoms with Gasteiger partial charge >= 0.3 is 0 Å². The lowest BCUT2D eigenvalue weighted by Crippen LogP contribution is -2.25. The molecule has 0 radical (unpaired) electrons. The van der Waals surface area contributed by atoms with E-state index >= 15 is 0 Å². The van der Waals surface area contributed by atoms with Crippen molar-refractivity contribution in [3.63, 3.8) is 0 Å². The highest BCUT2D eigenvalue weighted by Crippen LogP contribution is 2.08. The minimum absolute atomic E-state index is 0.350. The molecule has 0 atom stereocenters. The van der Waals surface area contributed by atoms with Gasteiger partial charge in [0.1, 0.15) is 11.4 Å². The first-order chi connectivity index (χ1) is 7.00. The SMILES string of the molecule is NC(=O)C(=Cc1cccc(F)c1)C(N)=O. The smallest absolute Gasteiger partial charge is 0.254 e. The monoisotopic (exact) mass is 208 g/mol. The van der Waals surface area contributed by atoms with Crippen LogP contribution in [0.2, 0.25) is 0 Å². The summed E-state index contributed by atoms with van der Waals surface area (Å²) < 4.78 is 12.8. The molecule has 0 fully saturated rings. The van der Waals surface area contributed by atoms with Crippen molar-refractivity contribution in [2.24, 2.45) is 11.5 Å². The molecule has 1 aromatic carbocycles. The van der Waals surface area contributed by atoms with E-state index in [1.807, 2.05) is 0 Å². The van der Waals surface area contributed by atoms with Crippen LogP contribution in [-0.2, 0) is 9.59 Å². The fourth-order valence-corrected chi connectivity index (χ4v) is 1.03. The van der Waals surface area contributed by atoms with E-state index in [9.17, 15) is 14.0 Å². The molecule has 0 heterocycles. The first-order valence-electron chi connectivity index (χ1n) is 4.07. The molecule has 15 heavy (non-hydrogen) atoms. The van der Waals surface area contributed by atoms with E-state index in [4.69, 9.17) is 11.5 Å². The summed E-state index contributed by atoms with van der Waals surface area (Å²) in [5.74, 6) is -2.35. The Hall–Kier alpha value is -2.17. The molecule has 78 valence electrons. The number of carbonyl (C=O) groups excluding carboxylic acids is 2. The van der Waals surface area contributed by atoms with Crippen LogP contribution >= 0.6 is 0 Å². The molecule has 0 unspecified atom stereocenters. The molecule has 0 aliphatic rings. The lowest BCUT2D eigenvalue weighted by atomic mass is 10.1. The van der Waals surface area contributed by atoms with Gasteiger partial charge < -0.3 is 11.5 Å². The fraction of sp³-hybridized carbons (Fsp3) is 0. The van der Waals surface area contributed by atoms with E-state index in [0.717, 1.165) is 12.1 Å². The van der Waals surface area contributed by atoms with Gasteiger partial charge in [-0.05, 0) is 23.8 Å². The highest BCUT2D eigenvalue weighted by atomic mass is 19.1. The molecule has 1 aromatic rings. The lowest BCUT2D eigenvalue weighted by molar-refractivity contribution is -0.120. The zero-order valence-electron chi connectivity index (χ0n) is 7.74. The number of rotatable bonds is 3. The molecule has 4 nitrogen and oxygen atoms in total. The van der Waals surface area contributed by atoms with Crippen LogP contribution in [-0.4, -0.2) is 11.8 Å². The Labute approximate surface area is 85.4 Å². The van der Waals surface area contributed by atoms with Gasteiger partial charge in [-0.3, -0.25) is 9.59 Å². The summed E-state index contributed by atoms with van der Waals surface area (Å²) in [5.41, 5.74) is 9.83. The second-order valence-electron chi connectivity index (χ2n) is 2.84. The molecule has 0 aliphatic carbocycles. The van der Waals surface area contributed by atoms with Crippen LogP contribution in [0, 0.1) is 5.82 Å². The molecule has 0 spiro atoms. The Morgan fingerprint density at radius 3 is 2.27 bits per heavy atom. The number of benzene rings is 1. The fourth-order valence-electron chi connectivity index (χ4n) is 1.03. The molecule has 5 heteroatoms. The highest BCUT2D eigenvalue weighted by molar-refractivity contribution is 6.20. The molecular formula is C10H9FN2O2. The average Bonchev–Trinajstić information content (AvgIpc) is 2.13. The van der Waals surface area contributed by atoms with Gasteiger partial charge in [-0.25, -0.2) is 4.39 Å². The summed E-state index contributed by atoms with van der Waals surface area (Å²) in [6, 6.07) is 5.37. The van der Waals surface area contributed by atoms with Crippen molar-refractivity contribution in [1.29, 1.82) is 0 Å². The minimum atomic E-state index is -0.938. The first kappa shape index (κ1) is 10.9. The number of halogens is 1. The third-order valence-electron chi connectivity index (χ3n) is 1.69. The van der Waals surface area contributed by atoms with Gasteiger partial charge in [0, 0.05) is 0 Å². The van der Waals surface area contributed by atoms with Crippen LogP contribution in [0.15, 0.2) is 29.8 Å². The Balaban J connectivity index is 3.13. The van der Waals surface area contributed by atoms with E-state index < -0.39 is 17.6 Å². The topological polar surface area (TPSA) is 86.2 Å². The maximum absolute atomic E-state index is 12.8. The number of carbonyl (C=O) groups is 2. The molecule has 0 saturated carbocycles. The van der Waals surface area contributed by atoms with Crippen LogP contribution in [0.4, 0.5) is 4.39 Å². The summed E-state index contributed by atoms with van der Waals surface area (Å²) in [6.07, 6.45) is 1.15. The highest BCUT2D eigenvalue weighted by Gasteiger charge is 2.11. The van der Waals surface area contributed by atoms with Crippen LogP contribution in [0.5, 0.6) is 0 Å². The summed E-state index contributed by atoms with van der Waals surface area (Å²) in [7, 11) is 0. The molecule has 2 amide bonds. The van der Waals surface area contributed by atoms with Crippen LogP contribution < -0.4 is 11.5 Å². The largest absolute Gasteiger partial charge is 0.365 e. The lowest BCUT2D eigenvalue weighted by Gasteiger charge is -1.98. The number of primary amides is 2. The van der Waals surface area contributed by atoms with Crippen LogP contribution in [0.25, 0.3) is 6.08 Å². The Bertz CT molecular complexity index is 425. The zero-order chi connectivity index (χ0) is 11.4. The van der Waals surface area contributed by atoms with E-state index in [2.05, 4.69) is 0 Å². The second kappa shape index (κ2) is 4.36.